The topological polar surface area (TPSA) is 81.3 Å². The number of nitro groups is 1. The van der Waals surface area contributed by atoms with Crippen molar-refractivity contribution in [1.29, 1.82) is 0 Å². The molecule has 7 nitrogen and oxygen atoms in total. The van der Waals surface area contributed by atoms with E-state index in [0.717, 1.165) is 38.1 Å². The predicted octanol–water partition coefficient (Wildman–Crippen LogP) is 7.70. The van der Waals surface area contributed by atoms with Crippen LogP contribution in [-0.4, -0.2) is 20.6 Å². The van der Waals surface area contributed by atoms with E-state index in [1.165, 1.54) is 12.1 Å². The predicted molar refractivity (Wildman–Crippen MR) is 159 cm³/mol. The number of nitro benzene ring substituents is 1. The molecule has 2 atom stereocenters. The fraction of sp³-hybridized carbons (Fsp3) is 0.125. The average molecular weight is 593 g/mol. The Kier molecular flexibility index (Phi) is 6.56. The van der Waals surface area contributed by atoms with Crippen LogP contribution in [0.2, 0.25) is 0 Å². The fourth-order valence-corrected chi connectivity index (χ4v) is 5.51. The Morgan fingerprint density at radius 3 is 2.20 bits per heavy atom. The van der Waals surface area contributed by atoms with Crippen molar-refractivity contribution in [2.24, 2.45) is 0 Å². The van der Waals surface area contributed by atoms with E-state index in [4.69, 9.17) is 5.10 Å². The second-order valence-electron chi connectivity index (χ2n) is 9.97. The molecule has 0 bridgehead atoms. The number of rotatable bonds is 6. The van der Waals surface area contributed by atoms with Gasteiger partial charge < -0.3 is 4.90 Å². The molecular weight excluding hydrogens is 568 g/mol. The number of benzene rings is 4. The Labute approximate surface area is 240 Å². The summed E-state index contributed by atoms with van der Waals surface area (Å²) in [5, 5.41) is 16.2. The molecule has 1 amide bonds. The maximum atomic E-state index is 14.1. The van der Waals surface area contributed by atoms with Gasteiger partial charge in [-0.25, -0.2) is 4.68 Å². The minimum Gasteiger partial charge on any atom is -0.303 e. The molecule has 1 aliphatic rings. The molecule has 2 heterocycles. The lowest BCUT2D eigenvalue weighted by Gasteiger charge is -2.47. The smallest absolute Gasteiger partial charge is 0.269 e. The van der Waals surface area contributed by atoms with Gasteiger partial charge in [0.05, 0.1) is 28.3 Å². The number of aryl methyl sites for hydroxylation is 2. The van der Waals surface area contributed by atoms with Crippen LogP contribution in [-0.2, 0) is 4.79 Å². The van der Waals surface area contributed by atoms with Crippen LogP contribution in [0.1, 0.15) is 34.2 Å². The highest BCUT2D eigenvalue weighted by atomic mass is 79.9. The molecule has 0 unspecified atom stereocenters. The van der Waals surface area contributed by atoms with E-state index in [1.54, 1.807) is 16.8 Å². The van der Waals surface area contributed by atoms with Crippen LogP contribution in [0, 0.1) is 24.0 Å². The Hall–Kier alpha value is -4.56. The molecule has 1 aromatic heterocycles. The van der Waals surface area contributed by atoms with Crippen LogP contribution in [0.25, 0.3) is 16.9 Å². The van der Waals surface area contributed by atoms with Gasteiger partial charge in [-0.05, 0) is 79.1 Å². The molecule has 0 N–H and O–H groups in total. The summed E-state index contributed by atoms with van der Waals surface area (Å²) in [6.45, 7) is 4.10. The van der Waals surface area contributed by atoms with Gasteiger partial charge >= 0.3 is 0 Å². The zero-order chi connectivity index (χ0) is 28.0. The molecule has 198 valence electrons. The largest absolute Gasteiger partial charge is 0.303 e. The standard InChI is InChI=1S/C32H25BrN4O3/c1-20-8-15-27(18-21(20)2)36-31(23-9-13-24(33)14-10-23)29(32(36)38)28-19-35(25-6-4-3-5-7-25)34-30(28)22-11-16-26(17-12-22)37(39)40/h3-19,29,31H,1-2H3/t29-,31-/m0/s1. The summed E-state index contributed by atoms with van der Waals surface area (Å²) in [5.74, 6) is -0.516. The van der Waals surface area contributed by atoms with Gasteiger partial charge in [0.2, 0.25) is 5.91 Å². The van der Waals surface area contributed by atoms with E-state index in [-0.39, 0.29) is 17.6 Å². The third-order valence-electron chi connectivity index (χ3n) is 7.53. The number of aromatic nitrogens is 2. The van der Waals surface area contributed by atoms with Crippen LogP contribution >= 0.6 is 15.9 Å². The van der Waals surface area contributed by atoms with E-state index in [2.05, 4.69) is 28.9 Å². The molecule has 8 heteroatoms. The van der Waals surface area contributed by atoms with Crippen LogP contribution in [0.5, 0.6) is 0 Å². The third-order valence-corrected chi connectivity index (χ3v) is 8.06. The normalized spacial score (nSPS) is 16.6. The lowest BCUT2D eigenvalue weighted by atomic mass is 9.76. The number of anilines is 1. The molecule has 0 aliphatic carbocycles. The summed E-state index contributed by atoms with van der Waals surface area (Å²) in [4.78, 5) is 26.8. The quantitative estimate of drug-likeness (QED) is 0.115. The van der Waals surface area contributed by atoms with E-state index in [0.29, 0.717) is 11.3 Å². The molecule has 1 saturated heterocycles. The number of carbonyl (C=O) groups excluding carboxylic acids is 1. The molecule has 6 rings (SSSR count). The van der Waals surface area contributed by atoms with Crippen LogP contribution in [0.15, 0.2) is 108 Å². The molecule has 4 aromatic carbocycles. The van der Waals surface area contributed by atoms with Gasteiger partial charge in [-0.2, -0.15) is 5.10 Å². The number of hydrogen-bond acceptors (Lipinski definition) is 4. The summed E-state index contributed by atoms with van der Waals surface area (Å²) < 4.78 is 2.73. The van der Waals surface area contributed by atoms with Crippen molar-refractivity contribution in [2.75, 3.05) is 4.90 Å². The van der Waals surface area contributed by atoms with Gasteiger partial charge in [0, 0.05) is 39.6 Å². The first-order valence-electron chi connectivity index (χ1n) is 12.9. The SMILES string of the molecule is Cc1ccc(N2C(=O)[C@@H](c3cn(-c4ccccc4)nc3-c3ccc([N+](=O)[O-])cc3)[C@@H]2c2ccc(Br)cc2)cc1C. The zero-order valence-corrected chi connectivity index (χ0v) is 23.4. The zero-order valence-electron chi connectivity index (χ0n) is 21.9. The van der Waals surface area contributed by atoms with E-state index in [9.17, 15) is 14.9 Å². The maximum Gasteiger partial charge on any atom is 0.269 e. The van der Waals surface area contributed by atoms with Crippen molar-refractivity contribution in [2.45, 2.75) is 25.8 Å². The van der Waals surface area contributed by atoms with Gasteiger partial charge in [-0.3, -0.25) is 14.9 Å². The minimum atomic E-state index is -0.495. The van der Waals surface area contributed by atoms with Gasteiger partial charge in [-0.15, -0.1) is 0 Å². The molecule has 40 heavy (non-hydrogen) atoms. The molecule has 0 radical (unpaired) electrons. The van der Waals surface area contributed by atoms with Gasteiger partial charge in [0.25, 0.3) is 5.69 Å². The Morgan fingerprint density at radius 2 is 1.55 bits per heavy atom. The van der Waals surface area contributed by atoms with Gasteiger partial charge in [-0.1, -0.05) is 52.3 Å². The van der Waals surface area contributed by atoms with Crippen molar-refractivity contribution in [3.63, 3.8) is 0 Å². The number of non-ortho nitro benzene ring substituents is 1. The molecule has 1 fully saturated rings. The van der Waals surface area contributed by atoms with Crippen molar-refractivity contribution in [3.8, 4) is 16.9 Å². The summed E-state index contributed by atoms with van der Waals surface area (Å²) in [6.07, 6.45) is 1.91. The fourth-order valence-electron chi connectivity index (χ4n) is 5.25. The second kappa shape index (κ2) is 10.2. The lowest BCUT2D eigenvalue weighted by molar-refractivity contribution is -0.384. The summed E-state index contributed by atoms with van der Waals surface area (Å²) >= 11 is 3.53. The Bertz CT molecular complexity index is 1730. The monoisotopic (exact) mass is 592 g/mol. The number of carbonyl (C=O) groups is 1. The lowest BCUT2D eigenvalue weighted by Crippen LogP contribution is -2.53. The first-order chi connectivity index (χ1) is 19.3. The van der Waals surface area contributed by atoms with Crippen LogP contribution in [0.3, 0.4) is 0 Å². The van der Waals surface area contributed by atoms with E-state index >= 15 is 0 Å². The highest BCUT2D eigenvalue weighted by molar-refractivity contribution is 9.10. The highest BCUT2D eigenvalue weighted by Crippen LogP contribution is 2.51. The molecule has 5 aromatic rings. The van der Waals surface area contributed by atoms with Crippen LogP contribution in [0.4, 0.5) is 11.4 Å². The third kappa shape index (κ3) is 4.50. The number of halogens is 1. The maximum absolute atomic E-state index is 14.1. The second-order valence-corrected chi connectivity index (χ2v) is 10.9. The van der Waals surface area contributed by atoms with E-state index in [1.807, 2.05) is 84.8 Å². The summed E-state index contributed by atoms with van der Waals surface area (Å²) in [6, 6.07) is 29.9. The molecular formula is C32H25BrN4O3. The summed E-state index contributed by atoms with van der Waals surface area (Å²) in [5.41, 5.74) is 7.11. The van der Waals surface area contributed by atoms with Crippen LogP contribution < -0.4 is 4.90 Å². The van der Waals surface area contributed by atoms with E-state index < -0.39 is 10.8 Å². The summed E-state index contributed by atoms with van der Waals surface area (Å²) in [7, 11) is 0. The average Bonchev–Trinajstić information content (AvgIpc) is 3.39. The molecule has 0 spiro atoms. The van der Waals surface area contributed by atoms with Gasteiger partial charge in [0.1, 0.15) is 0 Å². The molecule has 1 aliphatic heterocycles. The first kappa shape index (κ1) is 25.7. The number of para-hydroxylation sites is 1. The Balaban J connectivity index is 1.51. The van der Waals surface area contributed by atoms with Crippen molar-refractivity contribution in [3.05, 3.63) is 140 Å². The Morgan fingerprint density at radius 1 is 0.850 bits per heavy atom. The number of nitrogens with zero attached hydrogens (tertiary/aromatic N) is 4. The van der Waals surface area contributed by atoms with Crippen molar-refractivity contribution in [1.82, 2.24) is 9.78 Å². The first-order valence-corrected chi connectivity index (χ1v) is 13.7. The van der Waals surface area contributed by atoms with Gasteiger partial charge in [0.15, 0.2) is 0 Å². The number of β-lactam (4-membered cyclic amide) rings is 1. The molecule has 0 saturated carbocycles. The number of hydrogen-bond donors (Lipinski definition) is 0. The number of amides is 1. The highest BCUT2D eigenvalue weighted by Gasteiger charge is 2.51. The van der Waals surface area contributed by atoms with Crippen molar-refractivity contribution >= 4 is 33.2 Å². The van der Waals surface area contributed by atoms with Crippen molar-refractivity contribution < 1.29 is 9.72 Å². The minimum absolute atomic E-state index is 0.00108.